The Hall–Kier alpha value is -0.0800. The average Bonchev–Trinajstić information content (AvgIpc) is 2.83. The van der Waals surface area contributed by atoms with Crippen LogP contribution in [0.2, 0.25) is 0 Å². The molecular weight excluding hydrogens is 196 g/mol. The van der Waals surface area contributed by atoms with E-state index < -0.39 is 0 Å². The molecule has 0 atom stereocenters. The standard InChI is InChI=1S/C14H28N2/c1-4-10-16(11-5-1)12-6-9-15-13-14-7-2-3-8-14/h14-15H,1-13H2. The van der Waals surface area contributed by atoms with Gasteiger partial charge in [-0.2, -0.15) is 0 Å². The van der Waals surface area contributed by atoms with Crippen LogP contribution in [0.15, 0.2) is 0 Å². The first-order chi connectivity index (χ1) is 7.95. The van der Waals surface area contributed by atoms with Crippen molar-refractivity contribution in [1.82, 2.24) is 10.2 Å². The largest absolute Gasteiger partial charge is 0.316 e. The van der Waals surface area contributed by atoms with Gasteiger partial charge in [0.25, 0.3) is 0 Å². The van der Waals surface area contributed by atoms with Gasteiger partial charge in [-0.05, 0) is 70.7 Å². The molecule has 0 spiro atoms. The lowest BCUT2D eigenvalue weighted by Gasteiger charge is -2.26. The lowest BCUT2D eigenvalue weighted by Crippen LogP contribution is -2.32. The molecule has 16 heavy (non-hydrogen) atoms. The van der Waals surface area contributed by atoms with Gasteiger partial charge in [0, 0.05) is 0 Å². The highest BCUT2D eigenvalue weighted by Gasteiger charge is 2.14. The molecule has 2 aliphatic rings. The van der Waals surface area contributed by atoms with Crippen LogP contribution in [0.5, 0.6) is 0 Å². The number of nitrogens with zero attached hydrogens (tertiary/aromatic N) is 1. The second-order valence-electron chi connectivity index (χ2n) is 5.61. The fourth-order valence-corrected chi connectivity index (χ4v) is 3.13. The highest BCUT2D eigenvalue weighted by atomic mass is 15.1. The van der Waals surface area contributed by atoms with E-state index in [1.54, 1.807) is 0 Å². The fourth-order valence-electron chi connectivity index (χ4n) is 3.13. The predicted molar refractivity (Wildman–Crippen MR) is 69.7 cm³/mol. The first-order valence-corrected chi connectivity index (χ1v) is 7.38. The van der Waals surface area contributed by atoms with E-state index in [1.165, 1.54) is 84.1 Å². The monoisotopic (exact) mass is 224 g/mol. The van der Waals surface area contributed by atoms with Crippen molar-refractivity contribution in [2.24, 2.45) is 5.92 Å². The molecule has 0 radical (unpaired) electrons. The van der Waals surface area contributed by atoms with Gasteiger partial charge in [-0.25, -0.2) is 0 Å². The Morgan fingerprint density at radius 1 is 0.938 bits per heavy atom. The van der Waals surface area contributed by atoms with Crippen LogP contribution in [-0.4, -0.2) is 37.6 Å². The highest BCUT2D eigenvalue weighted by Crippen LogP contribution is 2.23. The van der Waals surface area contributed by atoms with Crippen LogP contribution < -0.4 is 5.32 Å². The molecule has 1 saturated heterocycles. The second kappa shape index (κ2) is 7.29. The number of piperidine rings is 1. The number of likely N-dealkylation sites (tertiary alicyclic amines) is 1. The molecule has 0 bridgehead atoms. The van der Waals surface area contributed by atoms with Crippen molar-refractivity contribution in [3.63, 3.8) is 0 Å². The zero-order valence-electron chi connectivity index (χ0n) is 10.7. The summed E-state index contributed by atoms with van der Waals surface area (Å²) >= 11 is 0. The Kier molecular flexibility index (Phi) is 5.64. The Morgan fingerprint density at radius 2 is 1.69 bits per heavy atom. The van der Waals surface area contributed by atoms with Crippen LogP contribution in [-0.2, 0) is 0 Å². The van der Waals surface area contributed by atoms with Crippen LogP contribution in [0.1, 0.15) is 51.4 Å². The smallest absolute Gasteiger partial charge is 0.000664 e. The van der Waals surface area contributed by atoms with Crippen LogP contribution in [0, 0.1) is 5.92 Å². The summed E-state index contributed by atoms with van der Waals surface area (Å²) in [4.78, 5) is 2.64. The molecule has 2 heteroatoms. The van der Waals surface area contributed by atoms with Gasteiger partial charge in [-0.1, -0.05) is 19.3 Å². The lowest BCUT2D eigenvalue weighted by molar-refractivity contribution is 0.225. The van der Waals surface area contributed by atoms with Crippen molar-refractivity contribution in [2.75, 3.05) is 32.7 Å². The Morgan fingerprint density at radius 3 is 2.44 bits per heavy atom. The van der Waals surface area contributed by atoms with Crippen molar-refractivity contribution >= 4 is 0 Å². The van der Waals surface area contributed by atoms with E-state index in [0.29, 0.717) is 0 Å². The third kappa shape index (κ3) is 4.42. The molecule has 1 aliphatic carbocycles. The van der Waals surface area contributed by atoms with E-state index in [0.717, 1.165) is 5.92 Å². The summed E-state index contributed by atoms with van der Waals surface area (Å²) in [7, 11) is 0. The van der Waals surface area contributed by atoms with Crippen molar-refractivity contribution in [3.8, 4) is 0 Å². The van der Waals surface area contributed by atoms with Crippen molar-refractivity contribution in [3.05, 3.63) is 0 Å². The van der Waals surface area contributed by atoms with E-state index in [2.05, 4.69) is 10.2 Å². The van der Waals surface area contributed by atoms with Crippen LogP contribution in [0.4, 0.5) is 0 Å². The predicted octanol–water partition coefficient (Wildman–Crippen LogP) is 2.64. The van der Waals surface area contributed by atoms with E-state index >= 15 is 0 Å². The molecular formula is C14H28N2. The molecule has 1 aliphatic heterocycles. The molecule has 2 nitrogen and oxygen atoms in total. The molecule has 0 aromatic rings. The summed E-state index contributed by atoms with van der Waals surface area (Å²) in [6, 6.07) is 0. The summed E-state index contributed by atoms with van der Waals surface area (Å²) in [5.74, 6) is 0.995. The third-order valence-corrected chi connectivity index (χ3v) is 4.18. The van der Waals surface area contributed by atoms with E-state index in [9.17, 15) is 0 Å². The normalized spacial score (nSPS) is 24.0. The second-order valence-corrected chi connectivity index (χ2v) is 5.61. The molecule has 1 N–H and O–H groups in total. The minimum atomic E-state index is 0.995. The minimum absolute atomic E-state index is 0.995. The van der Waals surface area contributed by atoms with Gasteiger partial charge < -0.3 is 10.2 Å². The van der Waals surface area contributed by atoms with Gasteiger partial charge >= 0.3 is 0 Å². The minimum Gasteiger partial charge on any atom is -0.316 e. The van der Waals surface area contributed by atoms with Crippen molar-refractivity contribution in [2.45, 2.75) is 51.4 Å². The molecule has 2 rings (SSSR count). The number of hydrogen-bond donors (Lipinski definition) is 1. The Balaban J connectivity index is 1.42. The summed E-state index contributed by atoms with van der Waals surface area (Å²) < 4.78 is 0. The number of hydrogen-bond acceptors (Lipinski definition) is 2. The highest BCUT2D eigenvalue weighted by molar-refractivity contribution is 4.70. The SMILES string of the molecule is C1CCN(CCCNCC2CCCC2)CC1. The van der Waals surface area contributed by atoms with Gasteiger partial charge in [0.1, 0.15) is 0 Å². The maximum absolute atomic E-state index is 3.64. The molecule has 1 saturated carbocycles. The molecule has 0 aromatic carbocycles. The fraction of sp³-hybridized carbons (Fsp3) is 1.00. The Bertz CT molecular complexity index is 170. The maximum atomic E-state index is 3.64. The zero-order chi connectivity index (χ0) is 11.1. The van der Waals surface area contributed by atoms with E-state index in [-0.39, 0.29) is 0 Å². The van der Waals surface area contributed by atoms with Crippen molar-refractivity contribution < 1.29 is 0 Å². The molecule has 0 amide bonds. The number of nitrogens with one attached hydrogen (secondary N) is 1. The Labute approximate surface area is 101 Å². The summed E-state index contributed by atoms with van der Waals surface area (Å²) in [6.07, 6.45) is 11.5. The van der Waals surface area contributed by atoms with Gasteiger partial charge in [0.15, 0.2) is 0 Å². The molecule has 0 aromatic heterocycles. The van der Waals surface area contributed by atoms with Crippen LogP contribution >= 0.6 is 0 Å². The first-order valence-electron chi connectivity index (χ1n) is 7.38. The van der Waals surface area contributed by atoms with Crippen LogP contribution in [0.3, 0.4) is 0 Å². The zero-order valence-corrected chi connectivity index (χ0v) is 10.7. The summed E-state index contributed by atoms with van der Waals surface area (Å²) in [6.45, 7) is 6.52. The third-order valence-electron chi connectivity index (χ3n) is 4.18. The quantitative estimate of drug-likeness (QED) is 0.698. The molecule has 2 fully saturated rings. The van der Waals surface area contributed by atoms with Gasteiger partial charge in [0.05, 0.1) is 0 Å². The van der Waals surface area contributed by atoms with E-state index in [1.807, 2.05) is 0 Å². The molecule has 94 valence electrons. The lowest BCUT2D eigenvalue weighted by atomic mass is 10.1. The van der Waals surface area contributed by atoms with Gasteiger partial charge in [-0.3, -0.25) is 0 Å². The molecule has 0 unspecified atom stereocenters. The van der Waals surface area contributed by atoms with Crippen molar-refractivity contribution in [1.29, 1.82) is 0 Å². The first kappa shape index (κ1) is 12.4. The van der Waals surface area contributed by atoms with E-state index in [4.69, 9.17) is 0 Å². The maximum Gasteiger partial charge on any atom is -0.000664 e. The van der Waals surface area contributed by atoms with Gasteiger partial charge in [0.2, 0.25) is 0 Å². The summed E-state index contributed by atoms with van der Waals surface area (Å²) in [5.41, 5.74) is 0. The molecule has 1 heterocycles. The summed E-state index contributed by atoms with van der Waals surface area (Å²) in [5, 5.41) is 3.64. The van der Waals surface area contributed by atoms with Gasteiger partial charge in [-0.15, -0.1) is 0 Å². The average molecular weight is 224 g/mol. The number of rotatable bonds is 6. The van der Waals surface area contributed by atoms with Crippen LogP contribution in [0.25, 0.3) is 0 Å². The topological polar surface area (TPSA) is 15.3 Å².